The molecule has 2 rings (SSSR count). The Morgan fingerprint density at radius 2 is 2.11 bits per heavy atom. The molecule has 0 aromatic rings. The van der Waals surface area contributed by atoms with Gasteiger partial charge in [-0.2, -0.15) is 0 Å². The highest BCUT2D eigenvalue weighted by Gasteiger charge is 2.42. The van der Waals surface area contributed by atoms with Crippen LogP contribution in [0, 0.1) is 11.3 Å². The number of rotatable bonds is 5. The SMILES string of the molecule is CC(C)(C)CN1CCC[C@@](O)(CNCC2CC2)C1=O. The van der Waals surface area contributed by atoms with E-state index in [9.17, 15) is 9.90 Å². The largest absolute Gasteiger partial charge is 0.379 e. The van der Waals surface area contributed by atoms with Crippen LogP contribution in [0.25, 0.3) is 0 Å². The molecule has 0 aromatic carbocycles. The highest BCUT2D eigenvalue weighted by Crippen LogP contribution is 2.29. The van der Waals surface area contributed by atoms with Crippen molar-refractivity contribution in [2.45, 2.75) is 52.1 Å². The fraction of sp³-hybridized carbons (Fsp3) is 0.933. The van der Waals surface area contributed by atoms with Crippen LogP contribution in [0.15, 0.2) is 0 Å². The molecule has 19 heavy (non-hydrogen) atoms. The summed E-state index contributed by atoms with van der Waals surface area (Å²) in [5.41, 5.74) is -1.10. The fourth-order valence-corrected chi connectivity index (χ4v) is 2.76. The van der Waals surface area contributed by atoms with Gasteiger partial charge in [0.25, 0.3) is 5.91 Å². The van der Waals surface area contributed by atoms with Crippen molar-refractivity contribution < 1.29 is 9.90 Å². The van der Waals surface area contributed by atoms with E-state index in [0.29, 0.717) is 13.0 Å². The summed E-state index contributed by atoms with van der Waals surface area (Å²) in [6.07, 6.45) is 4.05. The molecule has 4 nitrogen and oxygen atoms in total. The number of hydrogen-bond acceptors (Lipinski definition) is 3. The number of carbonyl (C=O) groups is 1. The molecule has 0 radical (unpaired) electrons. The number of hydrogen-bond donors (Lipinski definition) is 2. The first kappa shape index (κ1) is 14.8. The zero-order valence-electron chi connectivity index (χ0n) is 12.5. The Kier molecular flexibility index (Phi) is 4.21. The lowest BCUT2D eigenvalue weighted by atomic mass is 9.88. The third-order valence-electron chi connectivity index (χ3n) is 3.92. The first-order valence-corrected chi connectivity index (χ1v) is 7.53. The molecule has 1 amide bonds. The van der Waals surface area contributed by atoms with Crippen molar-refractivity contribution in [1.82, 2.24) is 10.2 Å². The van der Waals surface area contributed by atoms with Crippen molar-refractivity contribution in [1.29, 1.82) is 0 Å². The highest BCUT2D eigenvalue weighted by atomic mass is 16.3. The summed E-state index contributed by atoms with van der Waals surface area (Å²) in [6, 6.07) is 0. The smallest absolute Gasteiger partial charge is 0.255 e. The fourth-order valence-electron chi connectivity index (χ4n) is 2.76. The lowest BCUT2D eigenvalue weighted by Gasteiger charge is -2.41. The maximum Gasteiger partial charge on any atom is 0.255 e. The molecule has 110 valence electrons. The second-order valence-corrected chi connectivity index (χ2v) is 7.50. The second-order valence-electron chi connectivity index (χ2n) is 7.50. The molecule has 0 unspecified atom stereocenters. The van der Waals surface area contributed by atoms with Crippen LogP contribution >= 0.6 is 0 Å². The Labute approximate surface area is 116 Å². The second kappa shape index (κ2) is 5.41. The van der Waals surface area contributed by atoms with Crippen molar-refractivity contribution >= 4 is 5.91 Å². The summed E-state index contributed by atoms with van der Waals surface area (Å²) < 4.78 is 0. The van der Waals surface area contributed by atoms with Crippen LogP contribution in [0.2, 0.25) is 0 Å². The minimum absolute atomic E-state index is 0.0787. The van der Waals surface area contributed by atoms with Gasteiger partial charge in [0.15, 0.2) is 5.60 Å². The number of nitrogens with zero attached hydrogens (tertiary/aromatic N) is 1. The Balaban J connectivity index is 1.89. The Hall–Kier alpha value is -0.610. The van der Waals surface area contributed by atoms with Crippen molar-refractivity contribution in [2.75, 3.05) is 26.2 Å². The van der Waals surface area contributed by atoms with E-state index < -0.39 is 5.60 Å². The average molecular weight is 268 g/mol. The highest BCUT2D eigenvalue weighted by molar-refractivity contribution is 5.86. The summed E-state index contributed by atoms with van der Waals surface area (Å²) >= 11 is 0. The maximum absolute atomic E-state index is 12.5. The van der Waals surface area contributed by atoms with Crippen molar-refractivity contribution in [3.05, 3.63) is 0 Å². The molecular formula is C15H28N2O2. The monoisotopic (exact) mass is 268 g/mol. The van der Waals surface area contributed by atoms with E-state index in [1.807, 2.05) is 4.90 Å². The van der Waals surface area contributed by atoms with Crippen LogP contribution in [0.3, 0.4) is 0 Å². The standard InChI is InChI=1S/C15H28N2O2/c1-14(2,3)11-17-8-4-7-15(19,13(17)18)10-16-9-12-5-6-12/h12,16,19H,4-11H2,1-3H3/t15-/m1/s1. The summed E-state index contributed by atoms with van der Waals surface area (Å²) in [4.78, 5) is 14.3. The van der Waals surface area contributed by atoms with Gasteiger partial charge in [0.05, 0.1) is 0 Å². The number of carbonyl (C=O) groups excluding carboxylic acids is 1. The van der Waals surface area contributed by atoms with Crippen molar-refractivity contribution in [3.63, 3.8) is 0 Å². The first-order valence-electron chi connectivity index (χ1n) is 7.53. The summed E-state index contributed by atoms with van der Waals surface area (Å²) in [6.45, 7) is 9.22. The predicted octanol–water partition coefficient (Wildman–Crippen LogP) is 1.39. The van der Waals surface area contributed by atoms with E-state index in [2.05, 4.69) is 26.1 Å². The third-order valence-corrected chi connectivity index (χ3v) is 3.92. The zero-order valence-corrected chi connectivity index (χ0v) is 12.5. The van der Waals surface area contributed by atoms with Crippen LogP contribution in [0.1, 0.15) is 46.5 Å². The van der Waals surface area contributed by atoms with Crippen molar-refractivity contribution in [3.8, 4) is 0 Å². The Morgan fingerprint density at radius 3 is 2.68 bits per heavy atom. The van der Waals surface area contributed by atoms with Gasteiger partial charge in [-0.3, -0.25) is 4.79 Å². The molecule has 1 aliphatic heterocycles. The number of piperidine rings is 1. The zero-order chi connectivity index (χ0) is 14.1. The number of nitrogens with one attached hydrogen (secondary N) is 1. The van der Waals surface area contributed by atoms with E-state index in [-0.39, 0.29) is 11.3 Å². The van der Waals surface area contributed by atoms with E-state index in [1.54, 1.807) is 0 Å². The summed E-state index contributed by atoms with van der Waals surface area (Å²) in [7, 11) is 0. The quantitative estimate of drug-likeness (QED) is 0.792. The van der Waals surface area contributed by atoms with Gasteiger partial charge in [-0.25, -0.2) is 0 Å². The molecule has 1 aliphatic carbocycles. The molecule has 2 N–H and O–H groups in total. The van der Waals surface area contributed by atoms with Gasteiger partial charge in [-0.15, -0.1) is 0 Å². The minimum atomic E-state index is -1.18. The molecule has 4 heteroatoms. The molecular weight excluding hydrogens is 240 g/mol. The van der Waals surface area contributed by atoms with Crippen molar-refractivity contribution in [2.24, 2.45) is 11.3 Å². The van der Waals surface area contributed by atoms with Crippen LogP contribution < -0.4 is 5.32 Å². The molecule has 1 saturated heterocycles. The lowest BCUT2D eigenvalue weighted by Crippen LogP contribution is -2.59. The Morgan fingerprint density at radius 1 is 1.42 bits per heavy atom. The molecule has 1 atom stereocenters. The van der Waals surface area contributed by atoms with Crippen LogP contribution in [0.5, 0.6) is 0 Å². The summed E-state index contributed by atoms with van der Waals surface area (Å²) in [5, 5.41) is 13.9. The maximum atomic E-state index is 12.5. The first-order chi connectivity index (χ1) is 8.80. The molecule has 1 heterocycles. The van der Waals surface area contributed by atoms with Gasteiger partial charge < -0.3 is 15.3 Å². The summed E-state index contributed by atoms with van der Waals surface area (Å²) in [5.74, 6) is 0.685. The predicted molar refractivity (Wildman–Crippen MR) is 75.8 cm³/mol. The molecule has 0 aromatic heterocycles. The lowest BCUT2D eigenvalue weighted by molar-refractivity contribution is -0.158. The van der Waals surface area contributed by atoms with E-state index >= 15 is 0 Å². The van der Waals surface area contributed by atoms with E-state index in [1.165, 1.54) is 12.8 Å². The van der Waals surface area contributed by atoms with Gasteiger partial charge in [0, 0.05) is 19.6 Å². The van der Waals surface area contributed by atoms with Gasteiger partial charge in [0.2, 0.25) is 0 Å². The van der Waals surface area contributed by atoms with Crippen LogP contribution in [-0.2, 0) is 4.79 Å². The molecule has 2 fully saturated rings. The van der Waals surface area contributed by atoms with Gasteiger partial charge in [0.1, 0.15) is 0 Å². The topological polar surface area (TPSA) is 52.6 Å². The average Bonchev–Trinajstić information content (AvgIpc) is 3.07. The third kappa shape index (κ3) is 4.18. The Bertz CT molecular complexity index is 334. The van der Waals surface area contributed by atoms with Gasteiger partial charge in [-0.05, 0) is 43.6 Å². The van der Waals surface area contributed by atoms with Gasteiger partial charge in [-0.1, -0.05) is 20.8 Å². The normalized spacial score (nSPS) is 28.8. The molecule has 0 bridgehead atoms. The minimum Gasteiger partial charge on any atom is -0.379 e. The van der Waals surface area contributed by atoms with E-state index in [4.69, 9.17) is 0 Å². The van der Waals surface area contributed by atoms with E-state index in [0.717, 1.165) is 32.0 Å². The molecule has 1 saturated carbocycles. The van der Waals surface area contributed by atoms with Crippen LogP contribution in [0.4, 0.5) is 0 Å². The number of aliphatic hydroxyl groups is 1. The molecule has 2 aliphatic rings. The molecule has 0 spiro atoms. The number of amides is 1. The number of likely N-dealkylation sites (tertiary alicyclic amines) is 1. The van der Waals surface area contributed by atoms with Crippen LogP contribution in [-0.4, -0.2) is 47.7 Å². The van der Waals surface area contributed by atoms with Gasteiger partial charge >= 0.3 is 0 Å².